The highest BCUT2D eigenvalue weighted by molar-refractivity contribution is 4.64. The van der Waals surface area contributed by atoms with Crippen LogP contribution in [0.1, 0.15) is 120 Å². The first-order chi connectivity index (χ1) is 20.2. The average molecular weight is 627 g/mol. The molecular formula is C32H82O10. The summed E-state index contributed by atoms with van der Waals surface area (Å²) in [5.41, 5.74) is 0. The fourth-order valence-electron chi connectivity index (χ4n) is 2.23. The molecule has 0 atom stereocenters. The van der Waals surface area contributed by atoms with Crippen molar-refractivity contribution in [1.29, 1.82) is 0 Å². The molecule has 10 heteroatoms. The number of allylic oxidation sites excluding steroid dienone is 1. The van der Waals surface area contributed by atoms with E-state index in [4.69, 9.17) is 48.5 Å². The van der Waals surface area contributed by atoms with Gasteiger partial charge in [0, 0.05) is 76.8 Å². The number of aliphatic hydroxyl groups is 3. The number of hydrogen-bond acceptors (Lipinski definition) is 10. The van der Waals surface area contributed by atoms with Gasteiger partial charge in [-0.15, -0.1) is 0 Å². The van der Waals surface area contributed by atoms with Gasteiger partial charge in [0.15, 0.2) is 6.29 Å². The molecule has 0 amide bonds. The Bertz CT molecular complexity index is 370. The Morgan fingerprint density at radius 3 is 1.12 bits per heavy atom. The first-order valence-electron chi connectivity index (χ1n) is 15.9. The molecule has 0 spiro atoms. The van der Waals surface area contributed by atoms with E-state index in [2.05, 4.69) is 13.8 Å². The van der Waals surface area contributed by atoms with E-state index in [9.17, 15) is 0 Å². The van der Waals surface area contributed by atoms with Crippen LogP contribution >= 0.6 is 0 Å². The molecular weight excluding hydrogens is 544 g/mol. The Morgan fingerprint density at radius 2 is 0.976 bits per heavy atom. The van der Waals surface area contributed by atoms with E-state index in [1.807, 2.05) is 68.4 Å². The molecule has 0 saturated carbocycles. The van der Waals surface area contributed by atoms with Crippen LogP contribution in [0.2, 0.25) is 0 Å². The third-order valence-corrected chi connectivity index (χ3v) is 3.52. The largest absolute Gasteiger partial charge is 0.502 e. The summed E-state index contributed by atoms with van der Waals surface area (Å²) in [7, 11) is 0. The zero-order chi connectivity index (χ0) is 34.3. The molecule has 0 fully saturated rings. The van der Waals surface area contributed by atoms with Gasteiger partial charge in [0.1, 0.15) is 0 Å². The molecule has 0 aromatic rings. The Balaban J connectivity index is -0.0000000418. The van der Waals surface area contributed by atoms with E-state index in [0.717, 1.165) is 45.9 Å². The molecule has 0 unspecified atom stereocenters. The SMILES string of the molecule is CC=COCC.CCCOCC.CCO.CCO.CCO.CCOC(CC)(OCC)OCC.CCOC(CC)OCC.[HH].[HH].[HH]. The summed E-state index contributed by atoms with van der Waals surface area (Å²) < 4.78 is 36.4. The summed E-state index contributed by atoms with van der Waals surface area (Å²) in [6.45, 7) is 33.4. The molecule has 0 aliphatic heterocycles. The van der Waals surface area contributed by atoms with Crippen LogP contribution in [-0.4, -0.2) is 100 Å². The van der Waals surface area contributed by atoms with Crippen LogP contribution in [0.4, 0.5) is 0 Å². The summed E-state index contributed by atoms with van der Waals surface area (Å²) >= 11 is 0. The smallest absolute Gasteiger partial charge is 0.282 e. The van der Waals surface area contributed by atoms with Crippen LogP contribution in [0.5, 0.6) is 0 Å². The van der Waals surface area contributed by atoms with E-state index >= 15 is 0 Å². The van der Waals surface area contributed by atoms with Gasteiger partial charge in [-0.05, 0) is 89.0 Å². The van der Waals surface area contributed by atoms with Gasteiger partial charge in [-0.3, -0.25) is 0 Å². The predicted octanol–water partition coefficient (Wildman–Crippen LogP) is 7.68. The van der Waals surface area contributed by atoms with Crippen molar-refractivity contribution in [3.8, 4) is 0 Å². The van der Waals surface area contributed by atoms with Crippen molar-refractivity contribution >= 4 is 0 Å². The molecule has 0 aliphatic carbocycles. The molecule has 270 valence electrons. The fraction of sp³-hybridized carbons (Fsp3) is 0.938. The zero-order valence-electron chi connectivity index (χ0n) is 30.3. The van der Waals surface area contributed by atoms with Crippen LogP contribution in [0.3, 0.4) is 0 Å². The lowest BCUT2D eigenvalue weighted by Crippen LogP contribution is -2.38. The fourth-order valence-corrected chi connectivity index (χ4v) is 2.23. The maximum Gasteiger partial charge on any atom is 0.282 e. The second-order valence-corrected chi connectivity index (χ2v) is 7.15. The summed E-state index contributed by atoms with van der Waals surface area (Å²) in [6.07, 6.45) is 6.33. The van der Waals surface area contributed by atoms with Crippen molar-refractivity contribution in [1.82, 2.24) is 0 Å². The van der Waals surface area contributed by atoms with E-state index in [0.29, 0.717) is 26.2 Å². The number of ether oxygens (including phenoxy) is 7. The van der Waals surface area contributed by atoms with E-state index in [1.54, 1.807) is 27.0 Å². The first-order valence-corrected chi connectivity index (χ1v) is 15.9. The highest BCUT2D eigenvalue weighted by Crippen LogP contribution is 2.19. The molecule has 0 aromatic heterocycles. The molecule has 0 rings (SSSR count). The molecule has 0 heterocycles. The van der Waals surface area contributed by atoms with Crippen molar-refractivity contribution in [2.24, 2.45) is 0 Å². The van der Waals surface area contributed by atoms with Crippen LogP contribution in [0, 0.1) is 0 Å². The van der Waals surface area contributed by atoms with Crippen molar-refractivity contribution < 1.29 is 52.8 Å². The third kappa shape index (κ3) is 71.9. The second kappa shape index (κ2) is 63.4. The molecule has 0 radical (unpaired) electrons. The third-order valence-electron chi connectivity index (χ3n) is 3.52. The van der Waals surface area contributed by atoms with Crippen molar-refractivity contribution in [3.63, 3.8) is 0 Å². The summed E-state index contributed by atoms with van der Waals surface area (Å²) in [5, 5.41) is 22.7. The molecule has 0 saturated heterocycles. The maximum absolute atomic E-state index is 7.57. The minimum absolute atomic E-state index is 0. The summed E-state index contributed by atoms with van der Waals surface area (Å²) in [5.74, 6) is -0.807. The first kappa shape index (κ1) is 56.9. The van der Waals surface area contributed by atoms with Crippen LogP contribution < -0.4 is 0 Å². The molecule has 0 aromatic carbocycles. The molecule has 10 nitrogen and oxygen atoms in total. The van der Waals surface area contributed by atoms with Crippen LogP contribution in [0.25, 0.3) is 0 Å². The van der Waals surface area contributed by atoms with Gasteiger partial charge in [0.05, 0.1) is 12.9 Å². The van der Waals surface area contributed by atoms with Crippen LogP contribution in [-0.2, 0) is 33.2 Å². The highest BCUT2D eigenvalue weighted by Gasteiger charge is 2.29. The van der Waals surface area contributed by atoms with E-state index < -0.39 is 5.97 Å². The minimum atomic E-state index is -0.807. The number of rotatable bonds is 17. The van der Waals surface area contributed by atoms with Gasteiger partial charge >= 0.3 is 0 Å². The topological polar surface area (TPSA) is 125 Å². The van der Waals surface area contributed by atoms with Crippen molar-refractivity contribution in [2.45, 2.75) is 128 Å². The zero-order valence-corrected chi connectivity index (χ0v) is 30.3. The standard InChI is InChI=1S/C9H20O3.C7H16O2.C5H12O.C5H10O.3C2H6O.3H2/c1-5-9(10-6-2,11-7-3)12-8-4;1-4-7(8-5-2)9-6-3;2*1-3-5-6-4-2;3*1-2-3;;;/h5-8H2,1-4H3;7H,4-6H2,1-3H3;3-5H2,1-2H3;3,5H,4H2,1-2H3;3*3H,2H2,1H3;3*1H. The Labute approximate surface area is 266 Å². The Hall–Kier alpha value is -0.820. The normalized spacial score (nSPS) is 9.67. The molecule has 0 aliphatic rings. The Morgan fingerprint density at radius 1 is 0.595 bits per heavy atom. The van der Waals surface area contributed by atoms with E-state index in [-0.39, 0.29) is 30.4 Å². The number of aliphatic hydroxyl groups excluding tert-OH is 3. The highest BCUT2D eigenvalue weighted by atomic mass is 16.9. The summed E-state index contributed by atoms with van der Waals surface area (Å²) in [4.78, 5) is 0. The quantitative estimate of drug-likeness (QED) is 0.0841. The van der Waals surface area contributed by atoms with Gasteiger partial charge in [0.25, 0.3) is 5.97 Å². The van der Waals surface area contributed by atoms with Gasteiger partial charge < -0.3 is 48.5 Å². The molecule has 42 heavy (non-hydrogen) atoms. The van der Waals surface area contributed by atoms with Crippen molar-refractivity contribution in [2.75, 3.05) is 72.7 Å². The predicted molar refractivity (Wildman–Crippen MR) is 183 cm³/mol. The van der Waals surface area contributed by atoms with Crippen LogP contribution in [0.15, 0.2) is 12.3 Å². The lowest BCUT2D eigenvalue weighted by atomic mass is 10.4. The van der Waals surface area contributed by atoms with Gasteiger partial charge in [-0.2, -0.15) is 0 Å². The van der Waals surface area contributed by atoms with Gasteiger partial charge in [-0.1, -0.05) is 26.8 Å². The Kier molecular flexibility index (Phi) is 86.0. The minimum Gasteiger partial charge on any atom is -0.502 e. The second-order valence-electron chi connectivity index (χ2n) is 7.15. The molecule has 0 bridgehead atoms. The average Bonchev–Trinajstić information content (AvgIpc) is 2.97. The van der Waals surface area contributed by atoms with E-state index in [1.165, 1.54) is 0 Å². The molecule has 3 N–H and O–H groups in total. The maximum atomic E-state index is 7.57. The van der Waals surface area contributed by atoms with Crippen molar-refractivity contribution in [3.05, 3.63) is 12.3 Å². The lowest BCUT2D eigenvalue weighted by molar-refractivity contribution is -0.377. The van der Waals surface area contributed by atoms with Gasteiger partial charge in [0.2, 0.25) is 0 Å². The van der Waals surface area contributed by atoms with Gasteiger partial charge in [-0.25, -0.2) is 0 Å². The summed E-state index contributed by atoms with van der Waals surface area (Å²) in [6, 6.07) is 0. The number of hydrogen-bond donors (Lipinski definition) is 3. The lowest BCUT2D eigenvalue weighted by Gasteiger charge is -2.31. The monoisotopic (exact) mass is 627 g/mol.